The summed E-state index contributed by atoms with van der Waals surface area (Å²) >= 11 is 0. The van der Waals surface area contributed by atoms with Gasteiger partial charge < -0.3 is 9.42 Å². The minimum atomic E-state index is -3.75. The predicted octanol–water partition coefficient (Wildman–Crippen LogP) is 1.73. The summed E-state index contributed by atoms with van der Waals surface area (Å²) in [4.78, 5) is 17.9. The summed E-state index contributed by atoms with van der Waals surface area (Å²) in [5, 5.41) is 2.36. The van der Waals surface area contributed by atoms with E-state index in [1.807, 2.05) is 6.07 Å². The van der Waals surface area contributed by atoms with Gasteiger partial charge in [0.1, 0.15) is 11.0 Å². The number of para-hydroxylation sites is 1. The lowest BCUT2D eigenvalue weighted by Gasteiger charge is -2.24. The van der Waals surface area contributed by atoms with Crippen LogP contribution in [-0.4, -0.2) is 36.3 Å². The van der Waals surface area contributed by atoms with Crippen molar-refractivity contribution in [2.45, 2.75) is 31.8 Å². The van der Waals surface area contributed by atoms with E-state index in [9.17, 15) is 13.2 Å². The van der Waals surface area contributed by atoms with Crippen LogP contribution in [0.25, 0.3) is 0 Å². The van der Waals surface area contributed by atoms with Crippen LogP contribution in [0.4, 0.5) is 5.69 Å². The van der Waals surface area contributed by atoms with E-state index in [1.54, 1.807) is 38.1 Å². The Morgan fingerprint density at radius 2 is 1.96 bits per heavy atom. The van der Waals surface area contributed by atoms with Crippen molar-refractivity contribution in [1.82, 2.24) is 10.1 Å². The molecule has 1 aromatic carbocycles. The van der Waals surface area contributed by atoms with Crippen LogP contribution in [0.15, 0.2) is 34.9 Å². The number of rotatable bonds is 6. The van der Waals surface area contributed by atoms with E-state index in [1.165, 1.54) is 11.8 Å². The monoisotopic (exact) mass is 337 g/mol. The van der Waals surface area contributed by atoms with Crippen LogP contribution in [-0.2, 0) is 20.4 Å². The average Bonchev–Trinajstić information content (AvgIpc) is 2.92. The second-order valence-corrected chi connectivity index (χ2v) is 7.42. The largest absolute Gasteiger partial charge is 0.338 e. The number of hydrogen-bond donors (Lipinski definition) is 0. The highest BCUT2D eigenvalue weighted by molar-refractivity contribution is 7.92. The van der Waals surface area contributed by atoms with E-state index < -0.39 is 26.7 Å². The van der Waals surface area contributed by atoms with Gasteiger partial charge in [0.2, 0.25) is 11.8 Å². The van der Waals surface area contributed by atoms with Crippen molar-refractivity contribution >= 4 is 21.4 Å². The van der Waals surface area contributed by atoms with Crippen molar-refractivity contribution in [1.29, 1.82) is 0 Å². The van der Waals surface area contributed by atoms with E-state index in [0.29, 0.717) is 18.1 Å². The van der Waals surface area contributed by atoms with Gasteiger partial charge in [-0.3, -0.25) is 4.79 Å². The minimum Gasteiger partial charge on any atom is -0.338 e. The molecular weight excluding hydrogens is 318 g/mol. The Morgan fingerprint density at radius 3 is 2.48 bits per heavy atom. The molecule has 0 aliphatic heterocycles. The molecule has 124 valence electrons. The molecule has 0 radical (unpaired) electrons. The molecule has 0 spiro atoms. The Kier molecular flexibility index (Phi) is 5.15. The quantitative estimate of drug-likeness (QED) is 0.797. The average molecular weight is 337 g/mol. The highest BCUT2D eigenvalue weighted by Crippen LogP contribution is 2.18. The predicted molar refractivity (Wildman–Crippen MR) is 85.6 cm³/mol. The smallest absolute Gasteiger partial charge is 0.245 e. The van der Waals surface area contributed by atoms with E-state index in [2.05, 4.69) is 10.1 Å². The maximum absolute atomic E-state index is 12.6. The molecule has 1 amide bonds. The zero-order valence-electron chi connectivity index (χ0n) is 13.3. The number of anilines is 1. The maximum atomic E-state index is 12.6. The summed E-state index contributed by atoms with van der Waals surface area (Å²) in [6.07, 6.45) is 0. The normalized spacial score (nSPS) is 12.8. The van der Waals surface area contributed by atoms with E-state index in [4.69, 9.17) is 4.52 Å². The number of aromatic nitrogens is 2. The molecule has 0 aliphatic rings. The second kappa shape index (κ2) is 6.91. The number of carbonyl (C=O) groups excluding carboxylic acids is 1. The Bertz CT molecular complexity index is 771. The second-order valence-electron chi connectivity index (χ2n) is 5.10. The lowest BCUT2D eigenvalue weighted by molar-refractivity contribution is -0.117. The summed E-state index contributed by atoms with van der Waals surface area (Å²) in [5.41, 5.74) is 0.663. The first-order valence-electron chi connectivity index (χ1n) is 7.22. The standard InChI is InChI=1S/C15H19N3O4S/c1-4-18(13-8-6-5-7-9-13)15(19)11(2)23(20,21)10-14-16-12(3)17-22-14/h5-9,11H,4,10H2,1-3H3/t11-/m1/s1. The van der Waals surface area contributed by atoms with E-state index in [0.717, 1.165) is 0 Å². The third-order valence-corrected chi connectivity index (χ3v) is 5.36. The van der Waals surface area contributed by atoms with Crippen molar-refractivity contribution in [3.63, 3.8) is 0 Å². The fourth-order valence-corrected chi connectivity index (χ4v) is 3.29. The third-order valence-electron chi connectivity index (χ3n) is 3.43. The van der Waals surface area contributed by atoms with Crippen LogP contribution in [0.5, 0.6) is 0 Å². The zero-order valence-corrected chi connectivity index (χ0v) is 14.1. The third kappa shape index (κ3) is 3.95. The maximum Gasteiger partial charge on any atom is 0.245 e. The molecule has 1 aromatic heterocycles. The van der Waals surface area contributed by atoms with Gasteiger partial charge in [-0.1, -0.05) is 23.4 Å². The molecule has 0 unspecified atom stereocenters. The molecule has 0 saturated heterocycles. The summed E-state index contributed by atoms with van der Waals surface area (Å²) in [6.45, 7) is 5.16. The number of carbonyl (C=O) groups is 1. The highest BCUT2D eigenvalue weighted by Gasteiger charge is 2.33. The number of sulfone groups is 1. The Hall–Kier alpha value is -2.22. The molecule has 7 nitrogen and oxygen atoms in total. The van der Waals surface area contributed by atoms with Gasteiger partial charge in [0.05, 0.1) is 0 Å². The number of amides is 1. The fraction of sp³-hybridized carbons (Fsp3) is 0.400. The molecule has 0 bridgehead atoms. The fourth-order valence-electron chi connectivity index (χ4n) is 2.14. The molecule has 0 fully saturated rings. The first-order valence-corrected chi connectivity index (χ1v) is 8.94. The van der Waals surface area contributed by atoms with Gasteiger partial charge >= 0.3 is 0 Å². The van der Waals surface area contributed by atoms with Crippen LogP contribution in [0.3, 0.4) is 0 Å². The first-order chi connectivity index (χ1) is 10.8. The van der Waals surface area contributed by atoms with Gasteiger partial charge in [0, 0.05) is 12.2 Å². The van der Waals surface area contributed by atoms with Gasteiger partial charge in [0.25, 0.3) is 0 Å². The van der Waals surface area contributed by atoms with Gasteiger partial charge in [-0.25, -0.2) is 8.42 Å². The van der Waals surface area contributed by atoms with Crippen molar-refractivity contribution in [3.8, 4) is 0 Å². The first kappa shape index (κ1) is 17.1. The molecular formula is C15H19N3O4S. The molecule has 1 atom stereocenters. The lowest BCUT2D eigenvalue weighted by Crippen LogP contribution is -2.42. The number of benzene rings is 1. The summed E-state index contributed by atoms with van der Waals surface area (Å²) < 4.78 is 29.7. The van der Waals surface area contributed by atoms with Gasteiger partial charge in [-0.15, -0.1) is 0 Å². The van der Waals surface area contributed by atoms with E-state index >= 15 is 0 Å². The molecule has 0 N–H and O–H groups in total. The molecule has 2 aromatic rings. The molecule has 23 heavy (non-hydrogen) atoms. The SMILES string of the molecule is CCN(C(=O)[C@@H](C)S(=O)(=O)Cc1nc(C)no1)c1ccccc1. The van der Waals surface area contributed by atoms with Gasteiger partial charge in [-0.2, -0.15) is 4.98 Å². The van der Waals surface area contributed by atoms with E-state index in [-0.39, 0.29) is 5.89 Å². The Balaban J connectivity index is 2.20. The summed E-state index contributed by atoms with van der Waals surface area (Å²) in [5.74, 6) is -0.582. The van der Waals surface area contributed by atoms with Crippen LogP contribution in [0, 0.1) is 6.92 Å². The Labute approximate surface area is 135 Å². The van der Waals surface area contributed by atoms with Crippen LogP contribution < -0.4 is 4.90 Å². The lowest BCUT2D eigenvalue weighted by atomic mass is 10.2. The van der Waals surface area contributed by atoms with Gasteiger partial charge in [0.15, 0.2) is 15.7 Å². The summed E-state index contributed by atoms with van der Waals surface area (Å²) in [6, 6.07) is 8.96. The summed E-state index contributed by atoms with van der Waals surface area (Å²) in [7, 11) is -3.75. The topological polar surface area (TPSA) is 93.4 Å². The number of aryl methyl sites for hydroxylation is 1. The molecule has 1 heterocycles. The van der Waals surface area contributed by atoms with Crippen molar-refractivity contribution < 1.29 is 17.7 Å². The van der Waals surface area contributed by atoms with Crippen molar-refractivity contribution in [3.05, 3.63) is 42.0 Å². The molecule has 8 heteroatoms. The molecule has 2 rings (SSSR count). The van der Waals surface area contributed by atoms with Crippen molar-refractivity contribution in [2.75, 3.05) is 11.4 Å². The number of nitrogens with zero attached hydrogens (tertiary/aromatic N) is 3. The van der Waals surface area contributed by atoms with Crippen molar-refractivity contribution in [2.24, 2.45) is 0 Å². The zero-order chi connectivity index (χ0) is 17.0. The minimum absolute atomic E-state index is 0.00934. The molecule has 0 aliphatic carbocycles. The van der Waals surface area contributed by atoms with Crippen LogP contribution in [0.2, 0.25) is 0 Å². The Morgan fingerprint density at radius 1 is 1.30 bits per heavy atom. The molecule has 0 saturated carbocycles. The van der Waals surface area contributed by atoms with Gasteiger partial charge in [-0.05, 0) is 32.9 Å². The number of hydrogen-bond acceptors (Lipinski definition) is 6. The van der Waals surface area contributed by atoms with Crippen LogP contribution in [0.1, 0.15) is 25.6 Å². The highest BCUT2D eigenvalue weighted by atomic mass is 32.2. The van der Waals surface area contributed by atoms with Crippen LogP contribution >= 0.6 is 0 Å².